The van der Waals surface area contributed by atoms with Gasteiger partial charge in [0.1, 0.15) is 12.7 Å². The number of rotatable bonds is 6. The van der Waals surface area contributed by atoms with Crippen molar-refractivity contribution in [3.05, 3.63) is 70.7 Å². The molecule has 1 atom stereocenters. The topological polar surface area (TPSA) is 63.1 Å². The molecule has 1 aromatic heterocycles. The number of carbonyl (C=O) groups excluding carboxylic acids is 1. The van der Waals surface area contributed by atoms with Gasteiger partial charge in [0.15, 0.2) is 0 Å². The van der Waals surface area contributed by atoms with Crippen LogP contribution in [0.3, 0.4) is 0 Å². The maximum Gasteiger partial charge on any atom is 0.238 e. The lowest BCUT2D eigenvalue weighted by Crippen LogP contribution is -2.32. The van der Waals surface area contributed by atoms with Crippen LogP contribution in [0.1, 0.15) is 18.5 Å². The second-order valence-electron chi connectivity index (χ2n) is 6.20. The van der Waals surface area contributed by atoms with E-state index >= 15 is 0 Å². The molecule has 6 nitrogen and oxygen atoms in total. The van der Waals surface area contributed by atoms with Gasteiger partial charge in [0.25, 0.3) is 0 Å². The molecule has 0 spiro atoms. The van der Waals surface area contributed by atoms with Crippen LogP contribution in [0, 0.1) is 0 Å². The molecular formula is C19H19Cl2N5O. The number of hydrogen-bond donors (Lipinski definition) is 1. The van der Waals surface area contributed by atoms with Gasteiger partial charge < -0.3 is 5.32 Å². The minimum absolute atomic E-state index is 0.0513. The Kier molecular flexibility index (Phi) is 6.11. The fraction of sp³-hybridized carbons (Fsp3) is 0.211. The van der Waals surface area contributed by atoms with Crippen molar-refractivity contribution in [2.75, 3.05) is 18.9 Å². The summed E-state index contributed by atoms with van der Waals surface area (Å²) in [5.74, 6) is -0.159. The fourth-order valence-corrected chi connectivity index (χ4v) is 2.98. The van der Waals surface area contributed by atoms with Crippen molar-refractivity contribution in [3.8, 4) is 5.69 Å². The Bertz CT molecular complexity index is 912. The zero-order valence-electron chi connectivity index (χ0n) is 14.9. The van der Waals surface area contributed by atoms with E-state index in [1.807, 2.05) is 43.1 Å². The molecule has 0 bridgehead atoms. The summed E-state index contributed by atoms with van der Waals surface area (Å²) >= 11 is 12.0. The minimum Gasteiger partial charge on any atom is -0.324 e. The first kappa shape index (κ1) is 19.4. The third-order valence-electron chi connectivity index (χ3n) is 4.32. The molecule has 2 aromatic carbocycles. The third-order valence-corrected chi connectivity index (χ3v) is 4.88. The van der Waals surface area contributed by atoms with Gasteiger partial charge in [-0.05, 0) is 49.9 Å². The van der Waals surface area contributed by atoms with E-state index in [0.717, 1.165) is 11.3 Å². The van der Waals surface area contributed by atoms with E-state index in [-0.39, 0.29) is 18.5 Å². The summed E-state index contributed by atoms with van der Waals surface area (Å²) in [5, 5.41) is 7.88. The highest BCUT2D eigenvalue weighted by Crippen LogP contribution is 2.26. The largest absolute Gasteiger partial charge is 0.324 e. The van der Waals surface area contributed by atoms with Crippen LogP contribution in [0.4, 0.5) is 5.69 Å². The molecule has 0 aliphatic rings. The lowest BCUT2D eigenvalue weighted by molar-refractivity contribution is -0.117. The van der Waals surface area contributed by atoms with Gasteiger partial charge in [-0.3, -0.25) is 9.69 Å². The Labute approximate surface area is 167 Å². The molecule has 8 heteroatoms. The van der Waals surface area contributed by atoms with Crippen LogP contribution in [-0.4, -0.2) is 39.2 Å². The van der Waals surface area contributed by atoms with Crippen molar-refractivity contribution < 1.29 is 4.79 Å². The summed E-state index contributed by atoms with van der Waals surface area (Å²) in [7, 11) is 1.90. The standard InChI is InChI=1S/C19H19Cl2N5O/c1-13(14-3-6-16(7-4-14)26-12-22-11-23-26)25(2)10-19(27)24-18-9-15(20)5-8-17(18)21/h3-9,11-13H,10H2,1-2H3,(H,24,27)/t13-/m1/s1. The predicted octanol–water partition coefficient (Wildman–Crippen LogP) is 4.21. The molecule has 0 aliphatic carbocycles. The summed E-state index contributed by atoms with van der Waals surface area (Å²) in [6.45, 7) is 2.26. The predicted molar refractivity (Wildman–Crippen MR) is 107 cm³/mol. The highest BCUT2D eigenvalue weighted by Gasteiger charge is 2.16. The molecule has 0 unspecified atom stereocenters. The van der Waals surface area contributed by atoms with Gasteiger partial charge >= 0.3 is 0 Å². The zero-order chi connectivity index (χ0) is 19.4. The molecule has 1 N–H and O–H groups in total. The first-order valence-corrected chi connectivity index (χ1v) is 9.10. The number of likely N-dealkylation sites (N-methyl/N-ethyl adjacent to an activating group) is 1. The number of anilines is 1. The van der Waals surface area contributed by atoms with Crippen molar-refractivity contribution in [3.63, 3.8) is 0 Å². The van der Waals surface area contributed by atoms with E-state index in [2.05, 4.69) is 15.4 Å². The van der Waals surface area contributed by atoms with E-state index in [1.54, 1.807) is 29.2 Å². The lowest BCUT2D eigenvalue weighted by atomic mass is 10.1. The molecule has 3 rings (SSSR count). The summed E-state index contributed by atoms with van der Waals surface area (Å²) in [6, 6.07) is 13.0. The number of benzene rings is 2. The molecule has 0 radical (unpaired) electrons. The third kappa shape index (κ3) is 4.86. The zero-order valence-corrected chi connectivity index (χ0v) is 16.4. The van der Waals surface area contributed by atoms with Crippen molar-refractivity contribution in [2.45, 2.75) is 13.0 Å². The molecule has 1 amide bonds. The molecule has 0 aliphatic heterocycles. The van der Waals surface area contributed by atoms with Gasteiger partial charge in [-0.25, -0.2) is 9.67 Å². The number of nitrogens with zero attached hydrogens (tertiary/aromatic N) is 4. The first-order valence-electron chi connectivity index (χ1n) is 8.34. The van der Waals surface area contributed by atoms with Crippen molar-refractivity contribution in [1.29, 1.82) is 0 Å². The molecule has 0 saturated heterocycles. The van der Waals surface area contributed by atoms with Gasteiger partial charge in [-0.2, -0.15) is 5.10 Å². The maximum atomic E-state index is 12.4. The smallest absolute Gasteiger partial charge is 0.238 e. The van der Waals surface area contributed by atoms with Crippen LogP contribution < -0.4 is 5.32 Å². The van der Waals surface area contributed by atoms with Gasteiger partial charge in [-0.15, -0.1) is 0 Å². The average Bonchev–Trinajstić information content (AvgIpc) is 3.19. The van der Waals surface area contributed by atoms with E-state index in [4.69, 9.17) is 23.2 Å². The number of nitrogens with one attached hydrogen (secondary N) is 1. The Morgan fingerprint density at radius 1 is 1.22 bits per heavy atom. The number of amides is 1. The summed E-state index contributed by atoms with van der Waals surface area (Å²) in [5.41, 5.74) is 2.53. The molecule has 140 valence electrons. The Balaban J connectivity index is 1.62. The Morgan fingerprint density at radius 3 is 2.63 bits per heavy atom. The second kappa shape index (κ2) is 8.52. The van der Waals surface area contributed by atoms with Crippen molar-refractivity contribution >= 4 is 34.8 Å². The van der Waals surface area contributed by atoms with E-state index < -0.39 is 0 Å². The number of carbonyl (C=O) groups is 1. The Hall–Kier alpha value is -2.41. The molecule has 1 heterocycles. The second-order valence-corrected chi connectivity index (χ2v) is 7.04. The van der Waals surface area contributed by atoms with E-state index in [0.29, 0.717) is 15.7 Å². The molecule has 27 heavy (non-hydrogen) atoms. The molecule has 0 saturated carbocycles. The average molecular weight is 404 g/mol. The highest BCUT2D eigenvalue weighted by atomic mass is 35.5. The lowest BCUT2D eigenvalue weighted by Gasteiger charge is -2.24. The maximum absolute atomic E-state index is 12.4. The summed E-state index contributed by atoms with van der Waals surface area (Å²) < 4.78 is 1.69. The SMILES string of the molecule is C[C@H](c1ccc(-n2cncn2)cc1)N(C)CC(=O)Nc1cc(Cl)ccc1Cl. The van der Waals surface area contributed by atoms with Crippen LogP contribution in [-0.2, 0) is 4.79 Å². The Morgan fingerprint density at radius 2 is 1.96 bits per heavy atom. The first-order chi connectivity index (χ1) is 12.9. The van der Waals surface area contributed by atoms with Crippen LogP contribution >= 0.6 is 23.2 Å². The van der Waals surface area contributed by atoms with Gasteiger partial charge in [0.05, 0.1) is 22.9 Å². The molecule has 3 aromatic rings. The van der Waals surface area contributed by atoms with Crippen molar-refractivity contribution in [2.24, 2.45) is 0 Å². The minimum atomic E-state index is -0.159. The molecular weight excluding hydrogens is 385 g/mol. The van der Waals surface area contributed by atoms with Gasteiger partial charge in [-0.1, -0.05) is 35.3 Å². The molecule has 0 fully saturated rings. The normalized spacial score (nSPS) is 12.2. The van der Waals surface area contributed by atoms with E-state index in [1.165, 1.54) is 6.33 Å². The summed E-state index contributed by atoms with van der Waals surface area (Å²) in [6.07, 6.45) is 3.14. The monoisotopic (exact) mass is 403 g/mol. The summed E-state index contributed by atoms with van der Waals surface area (Å²) in [4.78, 5) is 18.3. The number of aromatic nitrogens is 3. The fourth-order valence-electron chi connectivity index (χ4n) is 2.65. The van der Waals surface area contributed by atoms with Gasteiger partial charge in [0.2, 0.25) is 5.91 Å². The van der Waals surface area contributed by atoms with E-state index in [9.17, 15) is 4.79 Å². The van der Waals surface area contributed by atoms with Crippen LogP contribution in [0.15, 0.2) is 55.1 Å². The number of hydrogen-bond acceptors (Lipinski definition) is 4. The van der Waals surface area contributed by atoms with Crippen LogP contribution in [0.2, 0.25) is 10.0 Å². The van der Waals surface area contributed by atoms with Crippen molar-refractivity contribution in [1.82, 2.24) is 19.7 Å². The number of halogens is 2. The van der Waals surface area contributed by atoms with Crippen LogP contribution in [0.25, 0.3) is 5.69 Å². The highest BCUT2D eigenvalue weighted by molar-refractivity contribution is 6.35. The quantitative estimate of drug-likeness (QED) is 0.669. The van der Waals surface area contributed by atoms with Crippen LogP contribution in [0.5, 0.6) is 0 Å². The van der Waals surface area contributed by atoms with Gasteiger partial charge in [0, 0.05) is 11.1 Å².